The van der Waals surface area contributed by atoms with Gasteiger partial charge < -0.3 is 20.1 Å². The Morgan fingerprint density at radius 2 is 2.15 bits per heavy atom. The van der Waals surface area contributed by atoms with Crippen LogP contribution in [-0.4, -0.2) is 38.4 Å². The second kappa shape index (κ2) is 8.79. The lowest BCUT2D eigenvalue weighted by Crippen LogP contribution is -2.53. The molecule has 1 saturated heterocycles. The third-order valence-corrected chi connectivity index (χ3v) is 3.25. The zero-order chi connectivity index (χ0) is 13.5. The number of ether oxygens (including phenoxy) is 2. The number of amides is 1. The van der Waals surface area contributed by atoms with Crippen LogP contribution < -0.4 is 10.6 Å². The van der Waals surface area contributed by atoms with Gasteiger partial charge in [0.2, 0.25) is 0 Å². The summed E-state index contributed by atoms with van der Waals surface area (Å²) in [5.74, 6) is 0. The molecule has 1 aliphatic heterocycles. The minimum atomic E-state index is -0.391. The molecule has 0 aromatic heterocycles. The van der Waals surface area contributed by atoms with Crippen LogP contribution in [-0.2, 0) is 16.1 Å². The molecule has 1 amide bonds. The number of carbonyl (C=O) groups excluding carboxylic acids is 1. The van der Waals surface area contributed by atoms with Gasteiger partial charge >= 0.3 is 6.09 Å². The molecule has 0 spiro atoms. The Morgan fingerprint density at radius 3 is 2.85 bits per heavy atom. The quantitative estimate of drug-likeness (QED) is 0.889. The van der Waals surface area contributed by atoms with Crippen molar-refractivity contribution in [2.24, 2.45) is 0 Å². The summed E-state index contributed by atoms with van der Waals surface area (Å²) in [5, 5.41) is 6.09. The summed E-state index contributed by atoms with van der Waals surface area (Å²) in [6.07, 6.45) is 0.453. The average Bonchev–Trinajstić information content (AvgIpc) is 2.47. The highest BCUT2D eigenvalue weighted by Crippen LogP contribution is 2.08. The molecule has 0 aliphatic carbocycles. The molecule has 1 heterocycles. The number of carbonyl (C=O) groups is 1. The van der Waals surface area contributed by atoms with Gasteiger partial charge in [0.15, 0.2) is 0 Å². The van der Waals surface area contributed by atoms with Gasteiger partial charge in [0.25, 0.3) is 0 Å². The first kappa shape index (κ1) is 16.8. The largest absolute Gasteiger partial charge is 0.445 e. The molecule has 112 valence electrons. The summed E-state index contributed by atoms with van der Waals surface area (Å²) >= 11 is 0. The van der Waals surface area contributed by atoms with Gasteiger partial charge in [0, 0.05) is 13.7 Å². The molecule has 20 heavy (non-hydrogen) atoms. The molecule has 0 bridgehead atoms. The molecule has 1 aromatic carbocycles. The number of alkyl carbamates (subject to hydrolysis) is 1. The van der Waals surface area contributed by atoms with E-state index in [1.54, 1.807) is 7.11 Å². The van der Waals surface area contributed by atoms with E-state index in [0.29, 0.717) is 0 Å². The third-order valence-electron chi connectivity index (χ3n) is 3.25. The molecule has 5 nitrogen and oxygen atoms in total. The number of nitrogens with one attached hydrogen (secondary N) is 2. The molecule has 0 radical (unpaired) electrons. The fraction of sp³-hybridized carbons (Fsp3) is 0.500. The van der Waals surface area contributed by atoms with E-state index in [0.717, 1.165) is 25.1 Å². The van der Waals surface area contributed by atoms with Gasteiger partial charge in [-0.25, -0.2) is 4.79 Å². The Balaban J connectivity index is 0.00000200. The van der Waals surface area contributed by atoms with Crippen molar-refractivity contribution in [2.45, 2.75) is 25.2 Å². The van der Waals surface area contributed by atoms with Gasteiger partial charge in [-0.3, -0.25) is 0 Å². The van der Waals surface area contributed by atoms with Crippen LogP contribution >= 0.6 is 12.4 Å². The SMILES string of the molecule is CO[C@@H]1CNCC[C@@H]1NC(=O)OCc1ccccc1.Cl. The second-order valence-corrected chi connectivity index (χ2v) is 4.58. The van der Waals surface area contributed by atoms with E-state index in [4.69, 9.17) is 9.47 Å². The maximum Gasteiger partial charge on any atom is 0.407 e. The van der Waals surface area contributed by atoms with E-state index in [2.05, 4.69) is 10.6 Å². The third kappa shape index (κ3) is 5.00. The highest BCUT2D eigenvalue weighted by Gasteiger charge is 2.26. The monoisotopic (exact) mass is 300 g/mol. The van der Waals surface area contributed by atoms with Crippen LogP contribution in [0.4, 0.5) is 4.79 Å². The lowest BCUT2D eigenvalue weighted by atomic mass is 10.0. The number of hydrogen-bond acceptors (Lipinski definition) is 4. The first-order valence-corrected chi connectivity index (χ1v) is 6.50. The maximum atomic E-state index is 11.7. The molecule has 2 N–H and O–H groups in total. The van der Waals surface area contributed by atoms with E-state index in [9.17, 15) is 4.79 Å². The van der Waals surface area contributed by atoms with Gasteiger partial charge in [-0.1, -0.05) is 30.3 Å². The normalized spacial score (nSPS) is 21.6. The minimum absolute atomic E-state index is 0. The Morgan fingerprint density at radius 1 is 1.40 bits per heavy atom. The topological polar surface area (TPSA) is 59.6 Å². The number of benzene rings is 1. The average molecular weight is 301 g/mol. The first-order chi connectivity index (χ1) is 9.29. The number of rotatable bonds is 4. The fourth-order valence-corrected chi connectivity index (χ4v) is 2.16. The Labute approximate surface area is 125 Å². The van der Waals surface area contributed by atoms with Crippen molar-refractivity contribution in [1.29, 1.82) is 0 Å². The van der Waals surface area contributed by atoms with Crippen LogP contribution in [0.3, 0.4) is 0 Å². The van der Waals surface area contributed by atoms with Gasteiger partial charge in [-0.15, -0.1) is 12.4 Å². The van der Waals surface area contributed by atoms with Crippen LogP contribution in [0, 0.1) is 0 Å². The van der Waals surface area contributed by atoms with Crippen LogP contribution in [0.1, 0.15) is 12.0 Å². The highest BCUT2D eigenvalue weighted by atomic mass is 35.5. The van der Waals surface area contributed by atoms with Crippen LogP contribution in [0.2, 0.25) is 0 Å². The van der Waals surface area contributed by atoms with Crippen molar-refractivity contribution < 1.29 is 14.3 Å². The van der Waals surface area contributed by atoms with Crippen molar-refractivity contribution in [1.82, 2.24) is 10.6 Å². The van der Waals surface area contributed by atoms with Crippen molar-refractivity contribution >= 4 is 18.5 Å². The Hall–Kier alpha value is -1.30. The van der Waals surface area contributed by atoms with E-state index < -0.39 is 6.09 Å². The molecule has 1 aromatic rings. The molecule has 1 fully saturated rings. The maximum absolute atomic E-state index is 11.7. The Bertz CT molecular complexity index is 403. The standard InChI is InChI=1S/C14H20N2O3.ClH/c1-18-13-9-15-8-7-12(13)16-14(17)19-10-11-5-3-2-4-6-11;/h2-6,12-13,15H,7-10H2,1H3,(H,16,17);1H/t12-,13+;/m0./s1. The molecular formula is C14H21ClN2O3. The highest BCUT2D eigenvalue weighted by molar-refractivity contribution is 5.85. The molecule has 1 aliphatic rings. The van der Waals surface area contributed by atoms with Crippen LogP contribution in [0.5, 0.6) is 0 Å². The number of piperidine rings is 1. The molecular weight excluding hydrogens is 280 g/mol. The summed E-state index contributed by atoms with van der Waals surface area (Å²) in [6.45, 7) is 1.92. The van der Waals surface area contributed by atoms with Crippen molar-refractivity contribution in [3.63, 3.8) is 0 Å². The number of methoxy groups -OCH3 is 1. The van der Waals surface area contributed by atoms with Crippen molar-refractivity contribution in [2.75, 3.05) is 20.2 Å². The van der Waals surface area contributed by atoms with Gasteiger partial charge in [0.05, 0.1) is 12.1 Å². The number of hydrogen-bond donors (Lipinski definition) is 2. The smallest absolute Gasteiger partial charge is 0.407 e. The first-order valence-electron chi connectivity index (χ1n) is 6.50. The number of halogens is 1. The van der Waals surface area contributed by atoms with E-state index >= 15 is 0 Å². The van der Waals surface area contributed by atoms with E-state index in [1.807, 2.05) is 30.3 Å². The molecule has 2 atom stereocenters. The summed E-state index contributed by atoms with van der Waals surface area (Å²) in [6, 6.07) is 9.64. The lowest BCUT2D eigenvalue weighted by Gasteiger charge is -2.31. The zero-order valence-corrected chi connectivity index (χ0v) is 12.3. The summed E-state index contributed by atoms with van der Waals surface area (Å²) in [7, 11) is 1.65. The van der Waals surface area contributed by atoms with Crippen LogP contribution in [0.25, 0.3) is 0 Å². The summed E-state index contributed by atoms with van der Waals surface area (Å²) < 4.78 is 10.5. The van der Waals surface area contributed by atoms with Crippen molar-refractivity contribution in [3.05, 3.63) is 35.9 Å². The predicted octanol–water partition coefficient (Wildman–Crippen LogP) is 1.71. The van der Waals surface area contributed by atoms with Crippen LogP contribution in [0.15, 0.2) is 30.3 Å². The van der Waals surface area contributed by atoms with Gasteiger partial charge in [-0.2, -0.15) is 0 Å². The molecule has 6 heteroatoms. The lowest BCUT2D eigenvalue weighted by molar-refractivity contribution is 0.0473. The van der Waals surface area contributed by atoms with Crippen molar-refractivity contribution in [3.8, 4) is 0 Å². The Kier molecular flexibility index (Phi) is 7.36. The van der Waals surface area contributed by atoms with E-state index in [-0.39, 0.29) is 31.2 Å². The summed E-state index contributed by atoms with van der Waals surface area (Å²) in [4.78, 5) is 11.7. The predicted molar refractivity (Wildman–Crippen MR) is 79.1 cm³/mol. The van der Waals surface area contributed by atoms with E-state index in [1.165, 1.54) is 0 Å². The molecule has 2 rings (SSSR count). The summed E-state index contributed by atoms with van der Waals surface area (Å²) in [5.41, 5.74) is 0.978. The minimum Gasteiger partial charge on any atom is -0.445 e. The second-order valence-electron chi connectivity index (χ2n) is 4.58. The molecule has 0 unspecified atom stereocenters. The van der Waals surface area contributed by atoms with Gasteiger partial charge in [0.1, 0.15) is 6.61 Å². The zero-order valence-electron chi connectivity index (χ0n) is 11.5. The fourth-order valence-electron chi connectivity index (χ4n) is 2.16. The molecule has 0 saturated carbocycles. The van der Waals surface area contributed by atoms with Gasteiger partial charge in [-0.05, 0) is 18.5 Å².